The summed E-state index contributed by atoms with van der Waals surface area (Å²) in [7, 11) is -4.02. The van der Waals surface area contributed by atoms with Crippen LogP contribution in [0.25, 0.3) is 0 Å². The lowest BCUT2D eigenvalue weighted by molar-refractivity contribution is 0.309. The van der Waals surface area contributed by atoms with E-state index >= 15 is 0 Å². The van der Waals surface area contributed by atoms with Crippen LogP contribution in [0.15, 0.2) is 114 Å². The number of anilines is 3. The van der Waals surface area contributed by atoms with Gasteiger partial charge < -0.3 is 4.74 Å². The van der Waals surface area contributed by atoms with Gasteiger partial charge in [-0.25, -0.2) is 0 Å². The minimum Gasteiger partial charge on any atom is -0.494 e. The number of hydrogen-bond donors (Lipinski definition) is 2. The average Bonchev–Trinajstić information content (AvgIpc) is 2.89. The molecule has 0 aliphatic heterocycles. The Morgan fingerprint density at radius 1 is 0.778 bits per heavy atom. The standard InChI is InChI=1S/C22H24N2O.C7H8O3S/c1-2-3-18-25-22-16-14-21(15-17-22)24(20-12-8-5-9-13-20)23-19-10-6-4-7-11-19;1-6-2-4-7(5-3-6)11(8,9)10/h4-17,23H,2-3,18H2,1H3;2-5H,1H3,(H,8,9,10). The molecule has 188 valence electrons. The van der Waals surface area contributed by atoms with Gasteiger partial charge in [-0.2, -0.15) is 8.42 Å². The van der Waals surface area contributed by atoms with E-state index in [0.29, 0.717) is 0 Å². The number of ether oxygens (including phenoxy) is 1. The van der Waals surface area contributed by atoms with Gasteiger partial charge in [-0.3, -0.25) is 15.0 Å². The van der Waals surface area contributed by atoms with E-state index in [1.807, 2.05) is 55.5 Å². The van der Waals surface area contributed by atoms with Gasteiger partial charge in [0.1, 0.15) is 5.75 Å². The zero-order chi connectivity index (χ0) is 25.8. The van der Waals surface area contributed by atoms with Crippen LogP contribution in [-0.2, 0) is 10.1 Å². The number of benzene rings is 4. The Kier molecular flexibility index (Phi) is 9.92. The van der Waals surface area contributed by atoms with Gasteiger partial charge in [0, 0.05) is 0 Å². The van der Waals surface area contributed by atoms with E-state index in [0.717, 1.165) is 47.8 Å². The fourth-order valence-electron chi connectivity index (χ4n) is 3.23. The SMILES string of the molecule is CCCCOc1ccc(N(Nc2ccccc2)c2ccccc2)cc1.Cc1ccc(S(=O)(=O)O)cc1. The maximum absolute atomic E-state index is 10.5. The molecule has 0 aliphatic rings. The highest BCUT2D eigenvalue weighted by Gasteiger charge is 2.10. The Balaban J connectivity index is 0.000000275. The lowest BCUT2D eigenvalue weighted by Crippen LogP contribution is -2.24. The van der Waals surface area contributed by atoms with Crippen LogP contribution in [0.4, 0.5) is 17.1 Å². The largest absolute Gasteiger partial charge is 0.494 e. The highest BCUT2D eigenvalue weighted by Crippen LogP contribution is 2.28. The zero-order valence-corrected chi connectivity index (χ0v) is 21.4. The number of para-hydroxylation sites is 2. The highest BCUT2D eigenvalue weighted by atomic mass is 32.2. The Bertz CT molecular complexity index is 1280. The monoisotopic (exact) mass is 504 g/mol. The lowest BCUT2D eigenvalue weighted by atomic mass is 10.2. The van der Waals surface area contributed by atoms with E-state index in [1.165, 1.54) is 12.1 Å². The first-order valence-electron chi connectivity index (χ1n) is 11.8. The number of hydrogen-bond acceptors (Lipinski definition) is 5. The van der Waals surface area contributed by atoms with Crippen LogP contribution in [0.5, 0.6) is 5.75 Å². The number of nitrogens with one attached hydrogen (secondary N) is 1. The van der Waals surface area contributed by atoms with Gasteiger partial charge in [0.25, 0.3) is 10.1 Å². The molecule has 0 radical (unpaired) electrons. The molecule has 0 heterocycles. The number of nitrogens with zero attached hydrogens (tertiary/aromatic N) is 1. The molecule has 0 saturated carbocycles. The van der Waals surface area contributed by atoms with Crippen molar-refractivity contribution in [2.45, 2.75) is 31.6 Å². The molecule has 6 nitrogen and oxygen atoms in total. The smallest absolute Gasteiger partial charge is 0.294 e. The van der Waals surface area contributed by atoms with Gasteiger partial charge in [-0.1, -0.05) is 67.4 Å². The maximum atomic E-state index is 10.5. The molecule has 0 spiro atoms. The van der Waals surface area contributed by atoms with Gasteiger partial charge in [0.05, 0.1) is 28.6 Å². The second kappa shape index (κ2) is 13.3. The van der Waals surface area contributed by atoms with Crippen LogP contribution in [0.2, 0.25) is 0 Å². The fourth-order valence-corrected chi connectivity index (χ4v) is 3.71. The molecule has 0 unspecified atom stereocenters. The predicted octanol–water partition coefficient (Wildman–Crippen LogP) is 7.27. The van der Waals surface area contributed by atoms with Crippen LogP contribution in [0.3, 0.4) is 0 Å². The Hall–Kier alpha value is -3.81. The van der Waals surface area contributed by atoms with Crippen molar-refractivity contribution in [3.05, 3.63) is 115 Å². The minimum absolute atomic E-state index is 0.0666. The summed E-state index contributed by atoms with van der Waals surface area (Å²) in [6.45, 7) is 4.77. The molecule has 36 heavy (non-hydrogen) atoms. The summed E-state index contributed by atoms with van der Waals surface area (Å²) >= 11 is 0. The van der Waals surface area contributed by atoms with Gasteiger partial charge in [-0.15, -0.1) is 0 Å². The normalized spacial score (nSPS) is 10.6. The van der Waals surface area contributed by atoms with Crippen LogP contribution >= 0.6 is 0 Å². The summed E-state index contributed by atoms with van der Waals surface area (Å²) in [5.41, 5.74) is 7.60. The summed E-state index contributed by atoms with van der Waals surface area (Å²) in [4.78, 5) is -0.0666. The first-order valence-corrected chi connectivity index (χ1v) is 13.2. The van der Waals surface area contributed by atoms with Crippen molar-refractivity contribution in [2.75, 3.05) is 17.0 Å². The maximum Gasteiger partial charge on any atom is 0.294 e. The molecule has 0 amide bonds. The molecule has 7 heteroatoms. The van der Waals surface area contributed by atoms with Gasteiger partial charge in [0.2, 0.25) is 0 Å². The molecule has 0 bridgehead atoms. The van der Waals surface area contributed by atoms with Gasteiger partial charge in [0.15, 0.2) is 0 Å². The second-order valence-electron chi connectivity index (χ2n) is 8.13. The van der Waals surface area contributed by atoms with Crippen molar-refractivity contribution >= 4 is 27.2 Å². The van der Waals surface area contributed by atoms with E-state index < -0.39 is 10.1 Å². The van der Waals surface area contributed by atoms with Crippen molar-refractivity contribution in [1.29, 1.82) is 0 Å². The quantitative estimate of drug-likeness (QED) is 0.142. The van der Waals surface area contributed by atoms with Crippen LogP contribution in [0, 0.1) is 6.92 Å². The van der Waals surface area contributed by atoms with Gasteiger partial charge >= 0.3 is 0 Å². The van der Waals surface area contributed by atoms with Gasteiger partial charge in [-0.05, 0) is 74.0 Å². The van der Waals surface area contributed by atoms with E-state index in [2.05, 4.69) is 53.8 Å². The number of hydrazine groups is 1. The molecule has 0 fully saturated rings. The Morgan fingerprint density at radius 2 is 1.33 bits per heavy atom. The molecule has 4 aromatic rings. The molecule has 0 aliphatic carbocycles. The number of unbranched alkanes of at least 4 members (excludes halogenated alkanes) is 1. The third kappa shape index (κ3) is 8.45. The Morgan fingerprint density at radius 3 is 1.89 bits per heavy atom. The van der Waals surface area contributed by atoms with E-state index in [9.17, 15) is 8.42 Å². The fraction of sp³-hybridized carbons (Fsp3) is 0.172. The van der Waals surface area contributed by atoms with E-state index in [4.69, 9.17) is 9.29 Å². The molecular formula is C29H32N2O4S. The zero-order valence-electron chi connectivity index (χ0n) is 20.5. The van der Waals surface area contributed by atoms with Crippen molar-refractivity contribution in [2.24, 2.45) is 0 Å². The van der Waals surface area contributed by atoms with Crippen molar-refractivity contribution in [1.82, 2.24) is 0 Å². The second-order valence-corrected chi connectivity index (χ2v) is 9.55. The van der Waals surface area contributed by atoms with Crippen LogP contribution < -0.4 is 15.2 Å². The third-order valence-corrected chi connectivity index (χ3v) is 6.08. The minimum atomic E-state index is -4.02. The molecule has 0 atom stereocenters. The van der Waals surface area contributed by atoms with E-state index in [-0.39, 0.29) is 4.90 Å². The number of rotatable bonds is 9. The molecule has 0 saturated heterocycles. The third-order valence-electron chi connectivity index (χ3n) is 5.21. The van der Waals surface area contributed by atoms with E-state index in [1.54, 1.807) is 12.1 Å². The summed E-state index contributed by atoms with van der Waals surface area (Å²) < 4.78 is 35.3. The van der Waals surface area contributed by atoms with Crippen molar-refractivity contribution in [3.8, 4) is 5.75 Å². The predicted molar refractivity (Wildman–Crippen MR) is 146 cm³/mol. The number of aryl methyl sites for hydroxylation is 1. The molecule has 0 aromatic heterocycles. The van der Waals surface area contributed by atoms with Crippen molar-refractivity contribution < 1.29 is 17.7 Å². The van der Waals surface area contributed by atoms with Crippen LogP contribution in [-0.4, -0.2) is 19.6 Å². The molecule has 2 N–H and O–H groups in total. The van der Waals surface area contributed by atoms with Crippen LogP contribution in [0.1, 0.15) is 25.3 Å². The summed E-state index contributed by atoms with van der Waals surface area (Å²) in [5.74, 6) is 0.907. The topological polar surface area (TPSA) is 78.9 Å². The molecule has 4 rings (SSSR count). The first-order chi connectivity index (χ1) is 17.4. The molecular weight excluding hydrogens is 472 g/mol. The Labute approximate surface area is 213 Å². The highest BCUT2D eigenvalue weighted by molar-refractivity contribution is 7.85. The summed E-state index contributed by atoms with van der Waals surface area (Å²) in [6, 6.07) is 34.6. The summed E-state index contributed by atoms with van der Waals surface area (Å²) in [5, 5.41) is 2.07. The van der Waals surface area contributed by atoms with Crippen molar-refractivity contribution in [3.63, 3.8) is 0 Å². The molecule has 4 aromatic carbocycles. The first kappa shape index (κ1) is 26.8. The summed E-state index contributed by atoms with van der Waals surface area (Å²) in [6.07, 6.45) is 2.22. The average molecular weight is 505 g/mol. The lowest BCUT2D eigenvalue weighted by Gasteiger charge is -2.26.